The molecule has 47 heavy (non-hydrogen) atoms. The first kappa shape index (κ1) is 33.3. The van der Waals surface area contributed by atoms with Gasteiger partial charge in [0.15, 0.2) is 0 Å². The summed E-state index contributed by atoms with van der Waals surface area (Å²) in [6.45, 7) is 17.8. The molecule has 0 spiro atoms. The molecule has 1 aromatic carbocycles. The molecular weight excluding hydrogens is 587 g/mol. The number of hydrogen-bond acceptors (Lipinski definition) is 3. The van der Waals surface area contributed by atoms with E-state index in [1.165, 1.54) is 75.5 Å². The van der Waals surface area contributed by atoms with E-state index in [1.807, 2.05) is 6.07 Å². The summed E-state index contributed by atoms with van der Waals surface area (Å²) in [5.41, 5.74) is 2.58. The molecule has 1 aliphatic heterocycles. The van der Waals surface area contributed by atoms with E-state index in [2.05, 4.69) is 57.8 Å². The number of halogens is 1. The van der Waals surface area contributed by atoms with Gasteiger partial charge in [0.05, 0.1) is 5.56 Å². The van der Waals surface area contributed by atoms with Crippen LogP contribution >= 0.6 is 0 Å². The summed E-state index contributed by atoms with van der Waals surface area (Å²) in [6, 6.07) is 4.71. The zero-order valence-electron chi connectivity index (χ0n) is 29.9. The number of allylic oxidation sites excluding steroid dienone is 2. The van der Waals surface area contributed by atoms with Gasteiger partial charge in [-0.3, -0.25) is 4.79 Å². The van der Waals surface area contributed by atoms with E-state index >= 15 is 0 Å². The van der Waals surface area contributed by atoms with Gasteiger partial charge in [-0.1, -0.05) is 60.1 Å². The van der Waals surface area contributed by atoms with Gasteiger partial charge in [-0.05, 0) is 139 Å². The van der Waals surface area contributed by atoms with Crippen LogP contribution in [0.2, 0.25) is 0 Å². The Balaban J connectivity index is 1.17. The quantitative estimate of drug-likeness (QED) is 0.310. The predicted molar refractivity (Wildman–Crippen MR) is 185 cm³/mol. The molecule has 0 radical (unpaired) electrons. The fourth-order valence-corrected chi connectivity index (χ4v) is 13.8. The van der Waals surface area contributed by atoms with Crippen molar-refractivity contribution >= 4 is 17.4 Å². The number of carbonyl (C=O) groups is 2. The van der Waals surface area contributed by atoms with Crippen LogP contribution in [0.15, 0.2) is 24.3 Å². The fraction of sp³-hybridized carbons (Fsp3) is 0.756. The van der Waals surface area contributed by atoms with E-state index in [4.69, 9.17) is 0 Å². The minimum atomic E-state index is -1.22. The third kappa shape index (κ3) is 4.76. The van der Waals surface area contributed by atoms with E-state index in [9.17, 15) is 19.1 Å². The lowest BCUT2D eigenvalue weighted by Crippen LogP contribution is -2.68. The van der Waals surface area contributed by atoms with Gasteiger partial charge >= 0.3 is 5.97 Å². The van der Waals surface area contributed by atoms with Crippen LogP contribution in [0, 0.1) is 57.1 Å². The van der Waals surface area contributed by atoms with Gasteiger partial charge in [-0.2, -0.15) is 0 Å². The second kappa shape index (κ2) is 11.4. The number of benzene rings is 1. The van der Waals surface area contributed by atoms with Gasteiger partial charge in [0.1, 0.15) is 5.82 Å². The Bertz CT molecular complexity index is 1470. The van der Waals surface area contributed by atoms with Gasteiger partial charge in [-0.15, -0.1) is 0 Å². The molecule has 0 unspecified atom stereocenters. The summed E-state index contributed by atoms with van der Waals surface area (Å²) in [6.07, 6.45) is 16.6. The van der Waals surface area contributed by atoms with Crippen molar-refractivity contribution in [1.82, 2.24) is 10.2 Å². The van der Waals surface area contributed by atoms with Crippen molar-refractivity contribution < 1.29 is 19.1 Å². The van der Waals surface area contributed by atoms with Crippen LogP contribution in [0.4, 0.5) is 4.39 Å². The molecule has 1 aromatic rings. The Kier molecular flexibility index (Phi) is 8.09. The molecule has 0 bridgehead atoms. The third-order valence-corrected chi connectivity index (χ3v) is 16.2. The van der Waals surface area contributed by atoms with Crippen molar-refractivity contribution in [3.8, 4) is 0 Å². The van der Waals surface area contributed by atoms with Crippen molar-refractivity contribution in [2.24, 2.45) is 51.2 Å². The monoisotopic (exact) mass is 646 g/mol. The van der Waals surface area contributed by atoms with Gasteiger partial charge < -0.3 is 15.3 Å². The van der Waals surface area contributed by atoms with Crippen molar-refractivity contribution in [3.05, 3.63) is 41.2 Å². The first-order chi connectivity index (χ1) is 22.2. The highest BCUT2D eigenvalue weighted by molar-refractivity contribution is 5.88. The van der Waals surface area contributed by atoms with Crippen LogP contribution < -0.4 is 5.32 Å². The van der Waals surface area contributed by atoms with Gasteiger partial charge in [-0.25, -0.2) is 9.18 Å². The number of likely N-dealkylation sites (tertiary alicyclic amines) is 1. The summed E-state index contributed by atoms with van der Waals surface area (Å²) in [5.74, 6) is 1.81. The Labute approximate surface area is 282 Å². The summed E-state index contributed by atoms with van der Waals surface area (Å²) >= 11 is 0. The minimum Gasteiger partial charge on any atom is -0.478 e. The number of rotatable bonds is 7. The molecule has 258 valence electrons. The van der Waals surface area contributed by atoms with Gasteiger partial charge in [0, 0.05) is 31.6 Å². The average molecular weight is 647 g/mol. The normalized spacial score (nSPS) is 42.3. The van der Waals surface area contributed by atoms with Crippen LogP contribution in [-0.4, -0.2) is 47.1 Å². The highest BCUT2D eigenvalue weighted by Crippen LogP contribution is 2.76. The van der Waals surface area contributed by atoms with Crippen molar-refractivity contribution in [3.63, 3.8) is 0 Å². The predicted octanol–water partition coefficient (Wildman–Crippen LogP) is 8.97. The highest BCUT2D eigenvalue weighted by Gasteiger charge is 2.70. The van der Waals surface area contributed by atoms with E-state index in [0.29, 0.717) is 29.1 Å². The molecular formula is C41H59FN2O3. The SMILES string of the molecule is CC[C@@H]1CC[C@]2(NCCN3CCCC3=O)CC[C@]3(C)[C@H](CC[C@@H]4[C@@]5(C)CC=C(c6ccc(C(=O)O)c(F)c6)C(C)(C)[C@@H]5CC[C@]43C)[C@@H]12. The largest absolute Gasteiger partial charge is 0.478 e. The first-order valence-corrected chi connectivity index (χ1v) is 19.0. The molecule has 0 aromatic heterocycles. The van der Waals surface area contributed by atoms with Gasteiger partial charge in [0.25, 0.3) is 0 Å². The second-order valence-electron chi connectivity index (χ2n) is 18.0. The summed E-state index contributed by atoms with van der Waals surface area (Å²) < 4.78 is 14.9. The van der Waals surface area contributed by atoms with Crippen LogP contribution in [0.25, 0.3) is 5.57 Å². The fourth-order valence-electron chi connectivity index (χ4n) is 13.8. The van der Waals surface area contributed by atoms with Crippen LogP contribution in [0.5, 0.6) is 0 Å². The first-order valence-electron chi connectivity index (χ1n) is 19.0. The number of carbonyl (C=O) groups excluding carboxylic acids is 1. The lowest BCUT2D eigenvalue weighted by molar-refractivity contribution is -0.220. The lowest BCUT2D eigenvalue weighted by atomic mass is 9.33. The van der Waals surface area contributed by atoms with E-state index in [-0.39, 0.29) is 27.3 Å². The number of aromatic carboxylic acids is 1. The van der Waals surface area contributed by atoms with Crippen LogP contribution in [0.1, 0.15) is 135 Å². The minimum absolute atomic E-state index is 0.135. The molecule has 1 amide bonds. The number of fused-ring (bicyclic) bond motifs is 7. The maximum Gasteiger partial charge on any atom is 0.338 e. The molecule has 1 heterocycles. The van der Waals surface area contributed by atoms with Gasteiger partial charge in [0.2, 0.25) is 5.91 Å². The zero-order valence-corrected chi connectivity index (χ0v) is 29.9. The molecule has 5 nitrogen and oxygen atoms in total. The number of carboxylic acids is 1. The molecule has 2 N–H and O–H groups in total. The standard InChI is InChI=1S/C41H59FN2O3/c1-7-26-14-19-41(43-22-24-44-23-8-9-34(44)45)21-20-39(5)30(35(26)41)12-13-33-38(4)17-15-29(27-10-11-28(36(46)47)31(42)25-27)37(2,3)32(38)16-18-40(33,39)6/h10-11,15,25-26,30,32-33,35,43H,7-9,12-14,16-24H2,1-6H3,(H,46,47)/t26-,30-,32+,33-,35-,38+,39-,40-,41+/m1/s1. The molecule has 1 saturated heterocycles. The zero-order chi connectivity index (χ0) is 33.6. The van der Waals surface area contributed by atoms with Crippen molar-refractivity contribution in [1.29, 1.82) is 0 Å². The molecule has 5 fully saturated rings. The maximum atomic E-state index is 14.9. The Morgan fingerprint density at radius 2 is 1.79 bits per heavy atom. The van der Waals surface area contributed by atoms with Crippen molar-refractivity contribution in [2.75, 3.05) is 19.6 Å². The average Bonchev–Trinajstić information content (AvgIpc) is 3.60. The second-order valence-corrected chi connectivity index (χ2v) is 18.0. The third-order valence-electron chi connectivity index (χ3n) is 16.2. The number of carboxylic acid groups (broad SMARTS) is 1. The number of nitrogens with one attached hydrogen (secondary N) is 1. The molecule has 7 rings (SSSR count). The van der Waals surface area contributed by atoms with E-state index < -0.39 is 11.8 Å². The molecule has 9 atom stereocenters. The molecule has 5 aliphatic carbocycles. The van der Waals surface area contributed by atoms with Crippen LogP contribution in [0.3, 0.4) is 0 Å². The van der Waals surface area contributed by atoms with Crippen LogP contribution in [-0.2, 0) is 4.79 Å². The Morgan fingerprint density at radius 1 is 1.00 bits per heavy atom. The lowest BCUT2D eigenvalue weighted by Gasteiger charge is -2.72. The van der Waals surface area contributed by atoms with Crippen molar-refractivity contribution in [2.45, 2.75) is 124 Å². The number of amides is 1. The van der Waals surface area contributed by atoms with E-state index in [1.54, 1.807) is 0 Å². The summed E-state index contributed by atoms with van der Waals surface area (Å²) in [7, 11) is 0. The highest BCUT2D eigenvalue weighted by atomic mass is 19.1. The van der Waals surface area contributed by atoms with E-state index in [0.717, 1.165) is 56.3 Å². The molecule has 4 saturated carbocycles. The summed E-state index contributed by atoms with van der Waals surface area (Å²) in [4.78, 5) is 25.9. The molecule has 6 heteroatoms. The number of hydrogen-bond donors (Lipinski definition) is 2. The summed E-state index contributed by atoms with van der Waals surface area (Å²) in [5, 5.41) is 13.6. The Morgan fingerprint density at radius 3 is 2.47 bits per heavy atom. The maximum absolute atomic E-state index is 14.9. The molecule has 6 aliphatic rings. The Hall–Kier alpha value is -2.21. The topological polar surface area (TPSA) is 69.6 Å². The number of nitrogens with zero attached hydrogens (tertiary/aromatic N) is 1. The smallest absolute Gasteiger partial charge is 0.338 e.